The third-order valence-corrected chi connectivity index (χ3v) is 2.87. The van der Waals surface area contributed by atoms with Gasteiger partial charge in [0.15, 0.2) is 0 Å². The van der Waals surface area contributed by atoms with Crippen molar-refractivity contribution in [2.75, 3.05) is 7.05 Å². The molecule has 0 radical (unpaired) electrons. The third kappa shape index (κ3) is 1.87. The first-order valence-electron chi connectivity index (χ1n) is 5.18. The van der Waals surface area contributed by atoms with Crippen LogP contribution in [0.4, 0.5) is 0 Å². The Morgan fingerprint density at radius 1 is 1.40 bits per heavy atom. The summed E-state index contributed by atoms with van der Waals surface area (Å²) in [5, 5.41) is 5.27. The van der Waals surface area contributed by atoms with E-state index in [1.807, 2.05) is 19.2 Å². The van der Waals surface area contributed by atoms with Gasteiger partial charge in [-0.3, -0.25) is 0 Å². The van der Waals surface area contributed by atoms with Gasteiger partial charge in [0.2, 0.25) is 0 Å². The van der Waals surface area contributed by atoms with Crippen LogP contribution in [0.1, 0.15) is 12.5 Å². The molecule has 1 heterocycles. The van der Waals surface area contributed by atoms with Crippen molar-refractivity contribution >= 4 is 22.5 Å². The molecule has 0 aliphatic heterocycles. The maximum Gasteiger partial charge on any atom is 0.0498 e. The van der Waals surface area contributed by atoms with Gasteiger partial charge in [0, 0.05) is 35.2 Å². The van der Waals surface area contributed by atoms with Gasteiger partial charge < -0.3 is 9.88 Å². The summed E-state index contributed by atoms with van der Waals surface area (Å²) in [4.78, 5) is 0. The highest BCUT2D eigenvalue weighted by molar-refractivity contribution is 6.31. The molecule has 80 valence electrons. The van der Waals surface area contributed by atoms with Crippen LogP contribution in [-0.2, 0) is 13.1 Å². The molecule has 3 heteroatoms. The Hall–Kier alpha value is -0.990. The van der Waals surface area contributed by atoms with Crippen molar-refractivity contribution in [3.05, 3.63) is 35.0 Å². The molecule has 15 heavy (non-hydrogen) atoms. The van der Waals surface area contributed by atoms with E-state index in [0.717, 1.165) is 18.1 Å². The van der Waals surface area contributed by atoms with E-state index >= 15 is 0 Å². The van der Waals surface area contributed by atoms with Crippen molar-refractivity contribution in [2.45, 2.75) is 20.0 Å². The lowest BCUT2D eigenvalue weighted by Crippen LogP contribution is -2.04. The maximum absolute atomic E-state index is 6.00. The van der Waals surface area contributed by atoms with E-state index < -0.39 is 0 Å². The van der Waals surface area contributed by atoms with Crippen molar-refractivity contribution in [2.24, 2.45) is 0 Å². The summed E-state index contributed by atoms with van der Waals surface area (Å²) in [5.41, 5.74) is 2.54. The molecule has 0 unspecified atom stereocenters. The fraction of sp³-hybridized carbons (Fsp3) is 0.333. The number of hydrogen-bond acceptors (Lipinski definition) is 1. The molecule has 0 saturated heterocycles. The molecule has 1 aromatic carbocycles. The monoisotopic (exact) mass is 222 g/mol. The normalized spacial score (nSPS) is 11.1. The molecular weight excluding hydrogens is 208 g/mol. The van der Waals surface area contributed by atoms with Gasteiger partial charge in [-0.1, -0.05) is 17.7 Å². The Morgan fingerprint density at radius 3 is 2.87 bits per heavy atom. The van der Waals surface area contributed by atoms with E-state index in [9.17, 15) is 0 Å². The van der Waals surface area contributed by atoms with Crippen molar-refractivity contribution in [1.29, 1.82) is 0 Å². The summed E-state index contributed by atoms with van der Waals surface area (Å²) < 4.78 is 2.23. The molecule has 0 bridgehead atoms. The Balaban J connectivity index is 2.64. The summed E-state index contributed by atoms with van der Waals surface area (Å²) in [7, 11) is 1.96. The maximum atomic E-state index is 6.00. The SMILES string of the molecule is CCn1cc(CNC)c2ccc(Cl)cc21. The molecule has 0 aliphatic rings. The Kier molecular flexibility index (Phi) is 2.98. The highest BCUT2D eigenvalue weighted by atomic mass is 35.5. The fourth-order valence-electron chi connectivity index (χ4n) is 1.93. The van der Waals surface area contributed by atoms with Gasteiger partial charge in [-0.15, -0.1) is 0 Å². The summed E-state index contributed by atoms with van der Waals surface area (Å²) >= 11 is 6.00. The number of nitrogens with one attached hydrogen (secondary N) is 1. The first kappa shape index (κ1) is 10.5. The molecule has 0 saturated carbocycles. The minimum absolute atomic E-state index is 0.798. The van der Waals surface area contributed by atoms with Gasteiger partial charge in [0.25, 0.3) is 0 Å². The molecule has 0 aliphatic carbocycles. The Bertz CT molecular complexity index is 474. The van der Waals surface area contributed by atoms with Crippen LogP contribution in [0.25, 0.3) is 10.9 Å². The standard InChI is InChI=1S/C12H15ClN2/c1-3-15-8-9(7-14-2)11-5-4-10(13)6-12(11)15/h4-6,8,14H,3,7H2,1-2H3. The molecule has 2 aromatic rings. The highest BCUT2D eigenvalue weighted by Gasteiger charge is 2.06. The van der Waals surface area contributed by atoms with E-state index in [1.165, 1.54) is 16.5 Å². The van der Waals surface area contributed by atoms with Gasteiger partial charge in [-0.2, -0.15) is 0 Å². The number of aryl methyl sites for hydroxylation is 1. The molecule has 1 aromatic heterocycles. The minimum Gasteiger partial charge on any atom is -0.347 e. The molecule has 2 nitrogen and oxygen atoms in total. The lowest BCUT2D eigenvalue weighted by molar-refractivity contribution is 0.775. The van der Waals surface area contributed by atoms with Gasteiger partial charge >= 0.3 is 0 Å². The van der Waals surface area contributed by atoms with Crippen LogP contribution in [0.3, 0.4) is 0 Å². The summed E-state index contributed by atoms with van der Waals surface area (Å²) in [6, 6.07) is 6.07. The number of rotatable bonds is 3. The van der Waals surface area contributed by atoms with E-state index in [-0.39, 0.29) is 0 Å². The van der Waals surface area contributed by atoms with Gasteiger partial charge in [-0.25, -0.2) is 0 Å². The highest BCUT2D eigenvalue weighted by Crippen LogP contribution is 2.24. The van der Waals surface area contributed by atoms with Gasteiger partial charge in [-0.05, 0) is 31.7 Å². The largest absolute Gasteiger partial charge is 0.347 e. The first-order chi connectivity index (χ1) is 7.26. The smallest absolute Gasteiger partial charge is 0.0498 e. The topological polar surface area (TPSA) is 17.0 Å². The van der Waals surface area contributed by atoms with E-state index in [0.29, 0.717) is 0 Å². The van der Waals surface area contributed by atoms with E-state index in [4.69, 9.17) is 11.6 Å². The van der Waals surface area contributed by atoms with Crippen LogP contribution < -0.4 is 5.32 Å². The number of fused-ring (bicyclic) bond motifs is 1. The summed E-state index contributed by atoms with van der Waals surface area (Å²) in [5.74, 6) is 0. The number of benzene rings is 1. The number of nitrogens with zero attached hydrogens (tertiary/aromatic N) is 1. The van der Waals surface area contributed by atoms with Crippen LogP contribution in [0, 0.1) is 0 Å². The predicted molar refractivity (Wildman–Crippen MR) is 65.4 cm³/mol. The Labute approximate surface area is 94.8 Å². The first-order valence-corrected chi connectivity index (χ1v) is 5.56. The summed E-state index contributed by atoms with van der Waals surface area (Å²) in [6.07, 6.45) is 2.19. The number of halogens is 1. The average molecular weight is 223 g/mol. The summed E-state index contributed by atoms with van der Waals surface area (Å²) in [6.45, 7) is 4.01. The molecule has 1 N–H and O–H groups in total. The second kappa shape index (κ2) is 4.25. The molecule has 2 rings (SSSR count). The number of aromatic nitrogens is 1. The lowest BCUT2D eigenvalue weighted by Gasteiger charge is -1.99. The van der Waals surface area contributed by atoms with Crippen LogP contribution in [0.2, 0.25) is 5.02 Å². The molecule has 0 fully saturated rings. The zero-order valence-corrected chi connectivity index (χ0v) is 9.80. The van der Waals surface area contributed by atoms with Crippen molar-refractivity contribution in [3.8, 4) is 0 Å². The second-order valence-electron chi connectivity index (χ2n) is 3.63. The molecule has 0 atom stereocenters. The van der Waals surface area contributed by atoms with Crippen molar-refractivity contribution in [1.82, 2.24) is 9.88 Å². The van der Waals surface area contributed by atoms with E-state index in [2.05, 4.69) is 29.1 Å². The predicted octanol–water partition coefficient (Wildman–Crippen LogP) is 3.03. The second-order valence-corrected chi connectivity index (χ2v) is 4.07. The lowest BCUT2D eigenvalue weighted by atomic mass is 10.2. The van der Waals surface area contributed by atoms with Gasteiger partial charge in [0.05, 0.1) is 0 Å². The average Bonchev–Trinajstić information content (AvgIpc) is 2.56. The molecular formula is C12H15ClN2. The third-order valence-electron chi connectivity index (χ3n) is 2.63. The van der Waals surface area contributed by atoms with Gasteiger partial charge in [0.1, 0.15) is 0 Å². The minimum atomic E-state index is 0.798. The zero-order valence-electron chi connectivity index (χ0n) is 9.05. The Morgan fingerprint density at radius 2 is 2.20 bits per heavy atom. The quantitative estimate of drug-likeness (QED) is 0.845. The molecule has 0 amide bonds. The fourth-order valence-corrected chi connectivity index (χ4v) is 2.10. The van der Waals surface area contributed by atoms with Crippen molar-refractivity contribution in [3.63, 3.8) is 0 Å². The number of hydrogen-bond donors (Lipinski definition) is 1. The van der Waals surface area contributed by atoms with Crippen LogP contribution >= 0.6 is 11.6 Å². The molecule has 0 spiro atoms. The van der Waals surface area contributed by atoms with E-state index in [1.54, 1.807) is 0 Å². The van der Waals surface area contributed by atoms with Crippen LogP contribution in [0.5, 0.6) is 0 Å². The van der Waals surface area contributed by atoms with Crippen LogP contribution in [0.15, 0.2) is 24.4 Å². The van der Waals surface area contributed by atoms with Crippen LogP contribution in [-0.4, -0.2) is 11.6 Å². The van der Waals surface area contributed by atoms with Crippen molar-refractivity contribution < 1.29 is 0 Å². The zero-order chi connectivity index (χ0) is 10.8.